The van der Waals surface area contributed by atoms with Crippen molar-refractivity contribution in [2.24, 2.45) is 5.92 Å². The van der Waals surface area contributed by atoms with Gasteiger partial charge in [0.1, 0.15) is 0 Å². The minimum Gasteiger partial charge on any atom is -0.466 e. The van der Waals surface area contributed by atoms with E-state index in [1.807, 2.05) is 0 Å². The Hall–Kier alpha value is -1.85. The molecule has 0 spiro atoms. The number of carbonyl (C=O) groups is 1. The third-order valence-electron chi connectivity index (χ3n) is 3.45. The largest absolute Gasteiger partial charge is 0.466 e. The molecule has 0 bridgehead atoms. The maximum Gasteiger partial charge on any atom is 0.433 e. The molecule has 0 radical (unpaired) electrons. The smallest absolute Gasteiger partial charge is 0.433 e. The summed E-state index contributed by atoms with van der Waals surface area (Å²) < 4.78 is 43.8. The van der Waals surface area contributed by atoms with Gasteiger partial charge in [-0.25, -0.2) is 0 Å². The number of rotatable bonds is 3. The average Bonchev–Trinajstić information content (AvgIpc) is 2.47. The molecule has 21 heavy (non-hydrogen) atoms. The van der Waals surface area contributed by atoms with Gasteiger partial charge in [0.25, 0.3) is 0 Å². The molecule has 2 rings (SSSR count). The molecule has 0 saturated carbocycles. The molecule has 114 valence electrons. The van der Waals surface area contributed by atoms with Crippen molar-refractivity contribution in [2.75, 3.05) is 6.61 Å². The molecule has 6 heteroatoms. The van der Waals surface area contributed by atoms with Crippen LogP contribution in [0, 0.1) is 5.92 Å². The van der Waals surface area contributed by atoms with Gasteiger partial charge in [0.15, 0.2) is 5.69 Å². The van der Waals surface area contributed by atoms with E-state index in [1.165, 1.54) is 12.1 Å². The average molecular weight is 299 g/mol. The van der Waals surface area contributed by atoms with Gasteiger partial charge in [0.05, 0.1) is 12.5 Å². The maximum atomic E-state index is 12.9. The molecule has 1 aromatic rings. The fraction of sp³-hybridized carbons (Fsp3) is 0.467. The first-order valence-electron chi connectivity index (χ1n) is 6.81. The van der Waals surface area contributed by atoms with E-state index in [-0.39, 0.29) is 17.5 Å². The second kappa shape index (κ2) is 6.28. The lowest BCUT2D eigenvalue weighted by Gasteiger charge is -2.22. The van der Waals surface area contributed by atoms with Gasteiger partial charge in [-0.15, -0.1) is 0 Å². The summed E-state index contributed by atoms with van der Waals surface area (Å²) in [6.45, 7) is 2.04. The third-order valence-corrected chi connectivity index (χ3v) is 3.45. The standard InChI is InChI=1S/C15H16F3NO2/c1-2-21-14(20)11-7-5-10(6-8-11)12-4-3-9-19-13(12)15(16,17)18/h3-5,9,11H,2,6-8H2,1H3. The molecule has 1 aliphatic carbocycles. The van der Waals surface area contributed by atoms with E-state index in [2.05, 4.69) is 4.98 Å². The van der Waals surface area contributed by atoms with E-state index >= 15 is 0 Å². The van der Waals surface area contributed by atoms with E-state index < -0.39 is 11.9 Å². The lowest BCUT2D eigenvalue weighted by molar-refractivity contribution is -0.148. The van der Waals surface area contributed by atoms with Crippen LogP contribution in [-0.2, 0) is 15.7 Å². The molecule has 0 saturated heterocycles. The fourth-order valence-corrected chi connectivity index (χ4v) is 2.44. The first kappa shape index (κ1) is 15.5. The lowest BCUT2D eigenvalue weighted by atomic mass is 9.86. The van der Waals surface area contributed by atoms with Gasteiger partial charge in [-0.3, -0.25) is 9.78 Å². The third kappa shape index (κ3) is 3.62. The van der Waals surface area contributed by atoms with Crippen LogP contribution in [0.5, 0.6) is 0 Å². The van der Waals surface area contributed by atoms with Crippen molar-refractivity contribution >= 4 is 11.5 Å². The summed E-state index contributed by atoms with van der Waals surface area (Å²) in [5.41, 5.74) is -0.172. The van der Waals surface area contributed by atoms with Gasteiger partial charge in [0, 0.05) is 11.8 Å². The molecule has 0 aliphatic heterocycles. The van der Waals surface area contributed by atoms with Crippen LogP contribution in [0.15, 0.2) is 24.4 Å². The maximum absolute atomic E-state index is 12.9. The summed E-state index contributed by atoms with van der Waals surface area (Å²) in [4.78, 5) is 15.1. The van der Waals surface area contributed by atoms with Crippen LogP contribution in [0.3, 0.4) is 0 Å². The Morgan fingerprint density at radius 2 is 2.24 bits per heavy atom. The number of esters is 1. The Morgan fingerprint density at radius 3 is 2.81 bits per heavy atom. The van der Waals surface area contributed by atoms with Crippen LogP contribution in [0.2, 0.25) is 0 Å². The highest BCUT2D eigenvalue weighted by atomic mass is 19.4. The second-order valence-electron chi connectivity index (χ2n) is 4.85. The molecule has 3 nitrogen and oxygen atoms in total. The number of alkyl halides is 3. The SMILES string of the molecule is CCOC(=O)C1CC=C(c2cccnc2C(F)(F)F)CC1. The van der Waals surface area contributed by atoms with Crippen LogP contribution in [0.1, 0.15) is 37.4 Å². The molecular weight excluding hydrogens is 283 g/mol. The minimum absolute atomic E-state index is 0.104. The second-order valence-corrected chi connectivity index (χ2v) is 4.85. The van der Waals surface area contributed by atoms with Crippen LogP contribution in [0.25, 0.3) is 5.57 Å². The van der Waals surface area contributed by atoms with Crippen LogP contribution in [-0.4, -0.2) is 17.6 Å². The van der Waals surface area contributed by atoms with Gasteiger partial charge < -0.3 is 4.74 Å². The number of aromatic nitrogens is 1. The quantitative estimate of drug-likeness (QED) is 0.796. The monoisotopic (exact) mass is 299 g/mol. The highest BCUT2D eigenvalue weighted by molar-refractivity contribution is 5.76. The van der Waals surface area contributed by atoms with E-state index in [4.69, 9.17) is 4.74 Å². The molecule has 1 aromatic heterocycles. The zero-order valence-corrected chi connectivity index (χ0v) is 11.6. The van der Waals surface area contributed by atoms with Crippen LogP contribution >= 0.6 is 0 Å². The van der Waals surface area contributed by atoms with Gasteiger partial charge in [0.2, 0.25) is 0 Å². The van der Waals surface area contributed by atoms with Crippen molar-refractivity contribution < 1.29 is 22.7 Å². The summed E-state index contributed by atoms with van der Waals surface area (Å²) in [6, 6.07) is 2.91. The molecular formula is C15H16F3NO2. The highest BCUT2D eigenvalue weighted by Crippen LogP contribution is 2.37. The summed E-state index contributed by atoms with van der Waals surface area (Å²) in [5.74, 6) is -0.547. The Bertz CT molecular complexity index is 552. The summed E-state index contributed by atoms with van der Waals surface area (Å²) in [6.07, 6.45) is -0.334. The van der Waals surface area contributed by atoms with Gasteiger partial charge >= 0.3 is 12.1 Å². The van der Waals surface area contributed by atoms with E-state index in [1.54, 1.807) is 13.0 Å². The molecule has 0 N–H and O–H groups in total. The van der Waals surface area contributed by atoms with E-state index in [0.29, 0.717) is 31.4 Å². The molecule has 0 aromatic carbocycles. The van der Waals surface area contributed by atoms with Gasteiger partial charge in [-0.05, 0) is 37.8 Å². The van der Waals surface area contributed by atoms with E-state index in [9.17, 15) is 18.0 Å². The fourth-order valence-electron chi connectivity index (χ4n) is 2.44. The number of carbonyl (C=O) groups excluding carboxylic acids is 1. The normalized spacial score (nSPS) is 19.0. The highest BCUT2D eigenvalue weighted by Gasteiger charge is 2.36. The van der Waals surface area contributed by atoms with Gasteiger partial charge in [-0.1, -0.05) is 12.1 Å². The van der Waals surface area contributed by atoms with Crippen LogP contribution < -0.4 is 0 Å². The molecule has 0 fully saturated rings. The van der Waals surface area contributed by atoms with Crippen molar-refractivity contribution in [3.63, 3.8) is 0 Å². The number of allylic oxidation sites excluding steroid dienone is 2. The lowest BCUT2D eigenvalue weighted by Crippen LogP contribution is -2.20. The number of pyridine rings is 1. The van der Waals surface area contributed by atoms with Crippen molar-refractivity contribution in [3.05, 3.63) is 35.7 Å². The Kier molecular flexibility index (Phi) is 4.65. The molecule has 1 heterocycles. The predicted molar refractivity (Wildman–Crippen MR) is 71.2 cm³/mol. The molecule has 1 unspecified atom stereocenters. The Morgan fingerprint density at radius 1 is 1.48 bits per heavy atom. The predicted octanol–water partition coefficient (Wildman–Crippen LogP) is 3.85. The zero-order valence-electron chi connectivity index (χ0n) is 11.6. The minimum atomic E-state index is -4.48. The molecule has 0 amide bonds. The number of halogens is 3. The number of hydrogen-bond acceptors (Lipinski definition) is 3. The molecule has 1 atom stereocenters. The van der Waals surface area contributed by atoms with Crippen molar-refractivity contribution in [3.8, 4) is 0 Å². The van der Waals surface area contributed by atoms with Gasteiger partial charge in [-0.2, -0.15) is 13.2 Å². The first-order valence-corrected chi connectivity index (χ1v) is 6.81. The zero-order chi connectivity index (χ0) is 15.5. The number of hydrogen-bond donors (Lipinski definition) is 0. The summed E-state index contributed by atoms with van der Waals surface area (Å²) >= 11 is 0. The Balaban J connectivity index is 2.20. The first-order chi connectivity index (χ1) is 9.93. The number of ether oxygens (including phenoxy) is 1. The molecule has 1 aliphatic rings. The Labute approximate surface area is 120 Å². The number of nitrogens with zero attached hydrogens (tertiary/aromatic N) is 1. The topological polar surface area (TPSA) is 39.2 Å². The summed E-state index contributed by atoms with van der Waals surface area (Å²) in [5, 5.41) is 0. The van der Waals surface area contributed by atoms with Crippen molar-refractivity contribution in [1.29, 1.82) is 0 Å². The van der Waals surface area contributed by atoms with E-state index in [0.717, 1.165) is 6.20 Å². The van der Waals surface area contributed by atoms with Crippen molar-refractivity contribution in [2.45, 2.75) is 32.4 Å². The van der Waals surface area contributed by atoms with Crippen LogP contribution in [0.4, 0.5) is 13.2 Å². The summed E-state index contributed by atoms with van der Waals surface area (Å²) in [7, 11) is 0. The van der Waals surface area contributed by atoms with Crippen molar-refractivity contribution in [1.82, 2.24) is 4.98 Å².